The van der Waals surface area contributed by atoms with E-state index in [9.17, 15) is 4.79 Å². The minimum Gasteiger partial charge on any atom is -0.481 e. The van der Waals surface area contributed by atoms with Crippen LogP contribution >= 0.6 is 11.3 Å². The van der Waals surface area contributed by atoms with E-state index in [0.29, 0.717) is 5.69 Å². The van der Waals surface area contributed by atoms with Gasteiger partial charge in [-0.3, -0.25) is 9.78 Å². The normalized spacial score (nSPS) is 10.3. The van der Waals surface area contributed by atoms with Crippen LogP contribution in [0.4, 0.5) is 0 Å². The van der Waals surface area contributed by atoms with Gasteiger partial charge in [0.25, 0.3) is 0 Å². The maximum absolute atomic E-state index is 10.6. The van der Waals surface area contributed by atoms with E-state index >= 15 is 0 Å². The molecule has 2 aromatic heterocycles. The first kappa shape index (κ1) is 10.8. The first-order valence-corrected chi connectivity index (χ1v) is 5.57. The molecule has 0 spiro atoms. The average molecular weight is 234 g/mol. The smallest absolute Gasteiger partial charge is 0.309 e. The molecule has 0 fully saturated rings. The van der Waals surface area contributed by atoms with Crippen LogP contribution in [-0.2, 0) is 11.2 Å². The number of pyridine rings is 1. The van der Waals surface area contributed by atoms with E-state index in [2.05, 4.69) is 9.97 Å². The van der Waals surface area contributed by atoms with Crippen LogP contribution in [0.2, 0.25) is 0 Å². The summed E-state index contributed by atoms with van der Waals surface area (Å²) in [5.41, 5.74) is 1.56. The third-order valence-electron chi connectivity index (χ3n) is 2.12. The molecular weight excluding hydrogens is 224 g/mol. The molecule has 0 amide bonds. The zero-order valence-corrected chi connectivity index (χ0v) is 9.49. The number of carboxylic acids is 1. The molecular formula is C11H10N2O2S. The summed E-state index contributed by atoms with van der Waals surface area (Å²) in [7, 11) is 0. The van der Waals surface area contributed by atoms with Crippen molar-refractivity contribution in [2.75, 3.05) is 0 Å². The summed E-state index contributed by atoms with van der Waals surface area (Å²) in [5.74, 6) is -0.855. The predicted octanol–water partition coefficient (Wildman–Crippen LogP) is 2.14. The van der Waals surface area contributed by atoms with Crippen molar-refractivity contribution in [1.82, 2.24) is 9.97 Å². The molecule has 2 heterocycles. The number of hydrogen-bond donors (Lipinski definition) is 1. The molecule has 0 saturated carbocycles. The van der Waals surface area contributed by atoms with Crippen molar-refractivity contribution in [3.8, 4) is 10.6 Å². The molecule has 1 N–H and O–H groups in total. The van der Waals surface area contributed by atoms with Crippen LogP contribution in [0.1, 0.15) is 10.6 Å². The Morgan fingerprint density at radius 1 is 1.56 bits per heavy atom. The van der Waals surface area contributed by atoms with Gasteiger partial charge in [0.15, 0.2) is 0 Å². The lowest BCUT2D eigenvalue weighted by molar-refractivity contribution is -0.136. The lowest BCUT2D eigenvalue weighted by Gasteiger charge is -1.93. The fraction of sp³-hybridized carbons (Fsp3) is 0.182. The second-order valence-electron chi connectivity index (χ2n) is 3.33. The molecule has 2 aromatic rings. The van der Waals surface area contributed by atoms with Crippen LogP contribution in [0.3, 0.4) is 0 Å². The molecule has 0 bridgehead atoms. The van der Waals surface area contributed by atoms with Gasteiger partial charge in [-0.25, -0.2) is 4.98 Å². The molecule has 0 aliphatic carbocycles. The molecule has 0 radical (unpaired) electrons. The number of aromatic nitrogens is 2. The summed E-state index contributed by atoms with van der Waals surface area (Å²) in [6.45, 7) is 1.88. The fourth-order valence-corrected chi connectivity index (χ4v) is 2.27. The van der Waals surface area contributed by atoms with Gasteiger partial charge in [-0.05, 0) is 19.1 Å². The molecule has 0 aliphatic rings. The number of carboxylic acid groups (broad SMARTS) is 1. The maximum atomic E-state index is 10.6. The van der Waals surface area contributed by atoms with Crippen molar-refractivity contribution in [1.29, 1.82) is 0 Å². The summed E-state index contributed by atoms with van der Waals surface area (Å²) in [5, 5.41) is 9.54. The van der Waals surface area contributed by atoms with Gasteiger partial charge in [0.2, 0.25) is 0 Å². The maximum Gasteiger partial charge on any atom is 0.309 e. The zero-order valence-electron chi connectivity index (χ0n) is 8.67. The first-order chi connectivity index (χ1) is 7.66. The van der Waals surface area contributed by atoms with Gasteiger partial charge in [0, 0.05) is 22.8 Å². The van der Waals surface area contributed by atoms with Gasteiger partial charge in [-0.15, -0.1) is 11.3 Å². The summed E-state index contributed by atoms with van der Waals surface area (Å²) in [6.07, 6.45) is 3.40. The Morgan fingerprint density at radius 3 is 3.00 bits per heavy atom. The van der Waals surface area contributed by atoms with Crippen molar-refractivity contribution < 1.29 is 9.90 Å². The molecule has 0 aromatic carbocycles. The van der Waals surface area contributed by atoms with E-state index in [0.717, 1.165) is 15.4 Å². The van der Waals surface area contributed by atoms with Crippen molar-refractivity contribution in [3.63, 3.8) is 0 Å². The largest absolute Gasteiger partial charge is 0.481 e. The third kappa shape index (κ3) is 2.25. The van der Waals surface area contributed by atoms with Crippen molar-refractivity contribution in [3.05, 3.63) is 35.1 Å². The highest BCUT2D eigenvalue weighted by Crippen LogP contribution is 2.27. The number of nitrogens with zero attached hydrogens (tertiary/aromatic N) is 2. The highest BCUT2D eigenvalue weighted by Gasteiger charge is 2.11. The van der Waals surface area contributed by atoms with Gasteiger partial charge in [-0.2, -0.15) is 0 Å². The molecule has 5 heteroatoms. The molecule has 0 aliphatic heterocycles. The number of carbonyl (C=O) groups is 1. The predicted molar refractivity (Wildman–Crippen MR) is 61.4 cm³/mol. The Hall–Kier alpha value is -1.75. The van der Waals surface area contributed by atoms with E-state index in [-0.39, 0.29) is 6.42 Å². The topological polar surface area (TPSA) is 63.1 Å². The quantitative estimate of drug-likeness (QED) is 0.883. The van der Waals surface area contributed by atoms with Crippen LogP contribution in [0, 0.1) is 6.92 Å². The van der Waals surface area contributed by atoms with Crippen LogP contribution in [0.15, 0.2) is 24.5 Å². The number of hydrogen-bond acceptors (Lipinski definition) is 4. The number of thiazole rings is 1. The standard InChI is InChI=1S/C11H10N2O2S/c1-7-9(5-10(14)15)13-11(16-7)8-3-2-4-12-6-8/h2-4,6H,5H2,1H3,(H,14,15). The van der Waals surface area contributed by atoms with Crippen molar-refractivity contribution >= 4 is 17.3 Å². The first-order valence-electron chi connectivity index (χ1n) is 4.75. The molecule has 0 atom stereocenters. The minimum atomic E-state index is -0.855. The van der Waals surface area contributed by atoms with Gasteiger partial charge < -0.3 is 5.11 Å². The Kier molecular flexibility index (Phi) is 2.96. The van der Waals surface area contributed by atoms with E-state index in [1.807, 2.05) is 19.1 Å². The van der Waals surface area contributed by atoms with Gasteiger partial charge >= 0.3 is 5.97 Å². The average Bonchev–Trinajstić information content (AvgIpc) is 2.61. The van der Waals surface area contributed by atoms with Gasteiger partial charge in [0.1, 0.15) is 5.01 Å². The van der Waals surface area contributed by atoms with Crippen LogP contribution in [-0.4, -0.2) is 21.0 Å². The van der Waals surface area contributed by atoms with Crippen LogP contribution < -0.4 is 0 Å². The molecule has 82 valence electrons. The fourth-order valence-electron chi connectivity index (χ4n) is 1.35. The SMILES string of the molecule is Cc1sc(-c2cccnc2)nc1CC(=O)O. The lowest BCUT2D eigenvalue weighted by Crippen LogP contribution is -2.01. The molecule has 16 heavy (non-hydrogen) atoms. The second kappa shape index (κ2) is 4.40. The number of aliphatic carboxylic acids is 1. The zero-order chi connectivity index (χ0) is 11.5. The van der Waals surface area contributed by atoms with E-state index in [1.165, 1.54) is 11.3 Å². The number of aryl methyl sites for hydroxylation is 1. The van der Waals surface area contributed by atoms with Crippen molar-refractivity contribution in [2.45, 2.75) is 13.3 Å². The third-order valence-corrected chi connectivity index (χ3v) is 3.18. The Morgan fingerprint density at radius 2 is 2.38 bits per heavy atom. The van der Waals surface area contributed by atoms with Crippen LogP contribution in [0.25, 0.3) is 10.6 Å². The summed E-state index contributed by atoms with van der Waals surface area (Å²) >= 11 is 1.49. The summed E-state index contributed by atoms with van der Waals surface area (Å²) < 4.78 is 0. The summed E-state index contributed by atoms with van der Waals surface area (Å²) in [4.78, 5) is 19.9. The lowest BCUT2D eigenvalue weighted by atomic mass is 10.3. The second-order valence-corrected chi connectivity index (χ2v) is 4.54. The monoisotopic (exact) mass is 234 g/mol. The molecule has 0 unspecified atom stereocenters. The van der Waals surface area contributed by atoms with Gasteiger partial charge in [-0.1, -0.05) is 0 Å². The molecule has 2 rings (SSSR count). The highest BCUT2D eigenvalue weighted by atomic mass is 32.1. The van der Waals surface area contributed by atoms with Crippen molar-refractivity contribution in [2.24, 2.45) is 0 Å². The molecule has 4 nitrogen and oxygen atoms in total. The van der Waals surface area contributed by atoms with Crippen LogP contribution in [0.5, 0.6) is 0 Å². The Labute approximate surface area is 96.6 Å². The Balaban J connectivity index is 2.34. The summed E-state index contributed by atoms with van der Waals surface area (Å²) in [6, 6.07) is 3.75. The van der Waals surface area contributed by atoms with E-state index < -0.39 is 5.97 Å². The minimum absolute atomic E-state index is 0.0252. The van der Waals surface area contributed by atoms with E-state index in [4.69, 9.17) is 5.11 Å². The highest BCUT2D eigenvalue weighted by molar-refractivity contribution is 7.15. The van der Waals surface area contributed by atoms with Gasteiger partial charge in [0.05, 0.1) is 12.1 Å². The van der Waals surface area contributed by atoms with E-state index in [1.54, 1.807) is 12.4 Å². The Bertz CT molecular complexity index is 508. The number of rotatable bonds is 3. The molecule has 0 saturated heterocycles.